The average Bonchev–Trinajstić information content (AvgIpc) is 3.46. The number of nitrogens with zero attached hydrogens (tertiary/aromatic N) is 5. The van der Waals surface area contributed by atoms with Crippen LogP contribution in [0.15, 0.2) is 42.1 Å². The fourth-order valence-corrected chi connectivity index (χ4v) is 5.68. The third-order valence-corrected chi connectivity index (χ3v) is 7.81. The number of benzene rings is 1. The van der Waals surface area contributed by atoms with Gasteiger partial charge >= 0.3 is 0 Å². The van der Waals surface area contributed by atoms with Crippen molar-refractivity contribution < 1.29 is 4.79 Å². The summed E-state index contributed by atoms with van der Waals surface area (Å²) in [5, 5.41) is 22.4. The zero-order chi connectivity index (χ0) is 23.2. The SMILES string of the molecule is C=CCn1c(SCC(=O)Nc2nnc(C3CCCCC3)s2)nnc1-c1ccc(C(C)C)cc1. The molecule has 1 saturated carbocycles. The predicted octanol–water partition coefficient (Wildman–Crippen LogP) is 5.88. The van der Waals surface area contributed by atoms with Gasteiger partial charge in [0.05, 0.1) is 5.75 Å². The van der Waals surface area contributed by atoms with Gasteiger partial charge in [0.25, 0.3) is 0 Å². The van der Waals surface area contributed by atoms with E-state index in [0.29, 0.717) is 28.7 Å². The summed E-state index contributed by atoms with van der Waals surface area (Å²) in [6.45, 7) is 8.78. The highest BCUT2D eigenvalue weighted by molar-refractivity contribution is 7.99. The minimum atomic E-state index is -0.123. The molecule has 2 heterocycles. The highest BCUT2D eigenvalue weighted by Crippen LogP contribution is 2.35. The predicted molar refractivity (Wildman–Crippen MR) is 135 cm³/mol. The van der Waals surface area contributed by atoms with Gasteiger partial charge in [0, 0.05) is 18.0 Å². The lowest BCUT2D eigenvalue weighted by Crippen LogP contribution is -2.14. The van der Waals surface area contributed by atoms with E-state index < -0.39 is 0 Å². The summed E-state index contributed by atoms with van der Waals surface area (Å²) in [6.07, 6.45) is 7.95. The first kappa shape index (κ1) is 23.6. The number of nitrogens with one attached hydrogen (secondary N) is 1. The lowest BCUT2D eigenvalue weighted by atomic mass is 9.90. The second-order valence-electron chi connectivity index (χ2n) is 8.60. The summed E-state index contributed by atoms with van der Waals surface area (Å²) < 4.78 is 1.99. The van der Waals surface area contributed by atoms with Gasteiger partial charge in [-0.25, -0.2) is 0 Å². The maximum absolute atomic E-state index is 12.5. The molecule has 1 aliphatic carbocycles. The minimum Gasteiger partial charge on any atom is -0.300 e. The fourth-order valence-electron chi connectivity index (χ4n) is 4.00. The molecule has 1 aromatic carbocycles. The summed E-state index contributed by atoms with van der Waals surface area (Å²) in [5.74, 6) is 1.83. The molecule has 1 aliphatic rings. The molecular formula is C24H30N6OS2. The molecule has 3 aromatic rings. The van der Waals surface area contributed by atoms with Crippen molar-refractivity contribution in [3.8, 4) is 11.4 Å². The molecule has 4 rings (SSSR count). The number of thioether (sulfide) groups is 1. The molecule has 0 aliphatic heterocycles. The van der Waals surface area contributed by atoms with Crippen LogP contribution in [0.4, 0.5) is 5.13 Å². The summed E-state index contributed by atoms with van der Waals surface area (Å²) in [7, 11) is 0. The first-order valence-corrected chi connectivity index (χ1v) is 13.3. The van der Waals surface area contributed by atoms with Crippen molar-refractivity contribution in [3.63, 3.8) is 0 Å². The van der Waals surface area contributed by atoms with Crippen LogP contribution in [-0.2, 0) is 11.3 Å². The number of amides is 1. The molecule has 0 atom stereocenters. The van der Waals surface area contributed by atoms with Gasteiger partial charge in [0.1, 0.15) is 5.01 Å². The van der Waals surface area contributed by atoms with Crippen molar-refractivity contribution in [2.45, 2.75) is 69.5 Å². The molecule has 0 radical (unpaired) electrons. The molecule has 0 saturated heterocycles. The van der Waals surface area contributed by atoms with Crippen molar-refractivity contribution in [1.82, 2.24) is 25.0 Å². The largest absolute Gasteiger partial charge is 0.300 e. The van der Waals surface area contributed by atoms with Gasteiger partial charge in [-0.05, 0) is 24.3 Å². The van der Waals surface area contributed by atoms with Crippen molar-refractivity contribution in [2.24, 2.45) is 0 Å². The number of carbonyl (C=O) groups excluding carboxylic acids is 1. The van der Waals surface area contributed by atoms with Crippen LogP contribution in [0.2, 0.25) is 0 Å². The standard InChI is InChI=1S/C24H30N6OS2/c1-4-14-30-21(18-12-10-17(11-13-18)16(2)3)26-29-24(30)32-15-20(31)25-23-28-27-22(33-23)19-8-6-5-7-9-19/h4,10-13,16,19H,1,5-9,14-15H2,2-3H3,(H,25,28,31). The lowest BCUT2D eigenvalue weighted by molar-refractivity contribution is -0.113. The van der Waals surface area contributed by atoms with E-state index in [4.69, 9.17) is 0 Å². The zero-order valence-electron chi connectivity index (χ0n) is 19.2. The summed E-state index contributed by atoms with van der Waals surface area (Å²) in [5.41, 5.74) is 2.28. The van der Waals surface area contributed by atoms with E-state index in [1.165, 1.54) is 60.8 Å². The van der Waals surface area contributed by atoms with Crippen molar-refractivity contribution in [2.75, 3.05) is 11.1 Å². The molecule has 1 fully saturated rings. The summed E-state index contributed by atoms with van der Waals surface area (Å²) in [4.78, 5) is 12.5. The molecular weight excluding hydrogens is 452 g/mol. The zero-order valence-corrected chi connectivity index (χ0v) is 20.8. The van der Waals surface area contributed by atoms with E-state index >= 15 is 0 Å². The number of allylic oxidation sites excluding steroid dienone is 1. The number of carbonyl (C=O) groups is 1. The van der Waals surface area contributed by atoms with E-state index in [9.17, 15) is 4.79 Å². The van der Waals surface area contributed by atoms with E-state index in [-0.39, 0.29) is 11.7 Å². The highest BCUT2D eigenvalue weighted by Gasteiger charge is 2.21. The van der Waals surface area contributed by atoms with Crippen LogP contribution in [0, 0.1) is 0 Å². The molecule has 1 amide bonds. The second kappa shape index (κ2) is 11.1. The quantitative estimate of drug-likeness (QED) is 0.303. The number of anilines is 1. The van der Waals surface area contributed by atoms with Crippen LogP contribution in [0.3, 0.4) is 0 Å². The molecule has 7 nitrogen and oxygen atoms in total. The number of hydrogen-bond donors (Lipinski definition) is 1. The van der Waals surface area contributed by atoms with Gasteiger partial charge in [0.2, 0.25) is 11.0 Å². The minimum absolute atomic E-state index is 0.123. The fraction of sp³-hybridized carbons (Fsp3) is 0.458. The van der Waals surface area contributed by atoms with Crippen LogP contribution < -0.4 is 5.32 Å². The van der Waals surface area contributed by atoms with Gasteiger partial charge in [-0.1, -0.05) is 86.6 Å². The molecule has 0 unspecified atom stereocenters. The molecule has 174 valence electrons. The Morgan fingerprint density at radius 2 is 1.94 bits per heavy atom. The number of hydrogen-bond acceptors (Lipinski definition) is 7. The Labute approximate surface area is 203 Å². The van der Waals surface area contributed by atoms with Crippen molar-refractivity contribution >= 4 is 34.1 Å². The summed E-state index contributed by atoms with van der Waals surface area (Å²) >= 11 is 2.85. The smallest absolute Gasteiger partial charge is 0.236 e. The highest BCUT2D eigenvalue weighted by atomic mass is 32.2. The van der Waals surface area contributed by atoms with Crippen molar-refractivity contribution in [3.05, 3.63) is 47.5 Å². The van der Waals surface area contributed by atoms with E-state index in [2.05, 4.69) is 70.4 Å². The summed E-state index contributed by atoms with van der Waals surface area (Å²) in [6, 6.07) is 8.38. The molecule has 0 bridgehead atoms. The van der Waals surface area contributed by atoms with Crippen molar-refractivity contribution in [1.29, 1.82) is 0 Å². The van der Waals surface area contributed by atoms with E-state index in [0.717, 1.165) is 16.4 Å². The van der Waals surface area contributed by atoms with Crippen LogP contribution in [0.25, 0.3) is 11.4 Å². The second-order valence-corrected chi connectivity index (χ2v) is 10.6. The van der Waals surface area contributed by atoms with Gasteiger partial charge in [-0.15, -0.1) is 27.0 Å². The van der Waals surface area contributed by atoms with E-state index in [1.54, 1.807) is 0 Å². The van der Waals surface area contributed by atoms with Crippen LogP contribution >= 0.6 is 23.1 Å². The Morgan fingerprint density at radius 3 is 2.64 bits per heavy atom. The lowest BCUT2D eigenvalue weighted by Gasteiger charge is -2.18. The molecule has 33 heavy (non-hydrogen) atoms. The van der Waals surface area contributed by atoms with Crippen LogP contribution in [-0.4, -0.2) is 36.6 Å². The van der Waals surface area contributed by atoms with Gasteiger partial charge in [0.15, 0.2) is 11.0 Å². The Balaban J connectivity index is 1.39. The normalized spacial score (nSPS) is 14.5. The van der Waals surface area contributed by atoms with E-state index in [1.807, 2.05) is 10.6 Å². The van der Waals surface area contributed by atoms with Gasteiger partial charge in [-0.2, -0.15) is 0 Å². The topological polar surface area (TPSA) is 85.6 Å². The number of rotatable bonds is 9. The number of aromatic nitrogens is 5. The Kier molecular flexibility index (Phi) is 7.93. The maximum Gasteiger partial charge on any atom is 0.236 e. The maximum atomic E-state index is 12.5. The monoisotopic (exact) mass is 482 g/mol. The Morgan fingerprint density at radius 1 is 1.18 bits per heavy atom. The van der Waals surface area contributed by atoms with Crippen LogP contribution in [0.5, 0.6) is 0 Å². The van der Waals surface area contributed by atoms with Crippen LogP contribution in [0.1, 0.15) is 68.4 Å². The molecule has 9 heteroatoms. The first-order valence-electron chi connectivity index (χ1n) is 11.5. The molecule has 1 N–H and O–H groups in total. The Hall–Kier alpha value is -2.52. The first-order chi connectivity index (χ1) is 16.0. The van der Waals surface area contributed by atoms with Gasteiger partial charge < -0.3 is 0 Å². The Bertz CT molecular complexity index is 1080. The average molecular weight is 483 g/mol. The third kappa shape index (κ3) is 5.89. The molecule has 0 spiro atoms. The van der Waals surface area contributed by atoms with Gasteiger partial charge in [-0.3, -0.25) is 14.7 Å². The molecule has 2 aromatic heterocycles. The third-order valence-electron chi connectivity index (χ3n) is 5.84.